The molecule has 1 fully saturated rings. The minimum atomic E-state index is -4.69. The van der Waals surface area contributed by atoms with E-state index in [0.717, 1.165) is 22.4 Å². The number of halogens is 4. The Bertz CT molecular complexity index is 1680. The van der Waals surface area contributed by atoms with Gasteiger partial charge in [0.1, 0.15) is 12.1 Å². The van der Waals surface area contributed by atoms with Crippen LogP contribution in [0.5, 0.6) is 0 Å². The number of piperazine rings is 1. The van der Waals surface area contributed by atoms with Crippen LogP contribution in [0.25, 0.3) is 16.6 Å². The zero-order chi connectivity index (χ0) is 31.6. The van der Waals surface area contributed by atoms with Crippen molar-refractivity contribution in [3.63, 3.8) is 0 Å². The number of hydrogen-bond donors (Lipinski definition) is 3. The lowest BCUT2D eigenvalue weighted by Gasteiger charge is -2.34. The molecule has 0 aliphatic carbocycles. The van der Waals surface area contributed by atoms with E-state index < -0.39 is 29.3 Å². The van der Waals surface area contributed by atoms with Crippen LogP contribution in [0.15, 0.2) is 48.8 Å². The normalized spacial score (nSPS) is 14.2. The Labute approximate surface area is 249 Å². The van der Waals surface area contributed by atoms with Crippen molar-refractivity contribution in [3.8, 4) is 11.1 Å². The van der Waals surface area contributed by atoms with Gasteiger partial charge in [0.05, 0.1) is 23.4 Å². The molecule has 0 bridgehead atoms. The fourth-order valence-electron chi connectivity index (χ4n) is 5.27. The number of benzene rings is 2. The zero-order valence-electron chi connectivity index (χ0n) is 23.9. The number of anilines is 3. The highest BCUT2D eigenvalue weighted by Crippen LogP contribution is 2.37. The molecular weight excluding hydrogens is 584 g/mol. The first-order valence-corrected chi connectivity index (χ1v) is 13.6. The van der Waals surface area contributed by atoms with E-state index in [1.54, 1.807) is 44.6 Å². The molecule has 1 aliphatic rings. The van der Waals surface area contributed by atoms with Crippen LogP contribution in [0.3, 0.4) is 0 Å². The Morgan fingerprint density at radius 3 is 2.39 bits per heavy atom. The average molecular weight is 615 g/mol. The van der Waals surface area contributed by atoms with E-state index in [1.807, 2.05) is 9.30 Å². The lowest BCUT2D eigenvalue weighted by molar-refractivity contribution is -0.137. The summed E-state index contributed by atoms with van der Waals surface area (Å²) in [7, 11) is 1.58. The number of alkyl halides is 3. The fraction of sp³-hybridized carbons (Fsp3) is 0.310. The number of nitrogen functional groups attached to an aromatic ring is 1. The van der Waals surface area contributed by atoms with E-state index >= 15 is 0 Å². The van der Waals surface area contributed by atoms with Gasteiger partial charge in [-0.25, -0.2) is 9.18 Å². The molecule has 0 saturated carbocycles. The average Bonchev–Trinajstić information content (AvgIpc) is 3.28. The second-order valence-electron chi connectivity index (χ2n) is 10.3. The van der Waals surface area contributed by atoms with Crippen molar-refractivity contribution in [2.45, 2.75) is 26.3 Å². The van der Waals surface area contributed by atoms with Gasteiger partial charge in [0.15, 0.2) is 5.82 Å². The number of carbonyl (C=O) groups is 2. The third-order valence-electron chi connectivity index (χ3n) is 7.45. The van der Waals surface area contributed by atoms with Crippen LogP contribution in [0.2, 0.25) is 0 Å². The molecule has 2 aromatic carbocycles. The van der Waals surface area contributed by atoms with Gasteiger partial charge in [-0.15, -0.1) is 10.2 Å². The van der Waals surface area contributed by atoms with Crippen molar-refractivity contribution in [2.75, 3.05) is 49.7 Å². The van der Waals surface area contributed by atoms with Crippen LogP contribution < -0.4 is 16.4 Å². The highest BCUT2D eigenvalue weighted by Gasteiger charge is 2.31. The van der Waals surface area contributed by atoms with Gasteiger partial charge >= 0.3 is 12.2 Å². The van der Waals surface area contributed by atoms with Crippen LogP contribution in [-0.2, 0) is 28.9 Å². The molecule has 232 valence electrons. The van der Waals surface area contributed by atoms with Gasteiger partial charge in [0.25, 0.3) is 0 Å². The van der Waals surface area contributed by atoms with Crippen molar-refractivity contribution >= 4 is 34.6 Å². The molecule has 3 amide bonds. The third kappa shape index (κ3) is 6.43. The number of nitrogens with one attached hydrogen (secondary N) is 2. The molecule has 1 aliphatic heterocycles. The molecule has 1 saturated heterocycles. The summed E-state index contributed by atoms with van der Waals surface area (Å²) in [6.07, 6.45) is -3.11. The molecule has 5 rings (SSSR count). The van der Waals surface area contributed by atoms with Gasteiger partial charge in [-0.3, -0.25) is 14.1 Å². The summed E-state index contributed by atoms with van der Waals surface area (Å²) in [4.78, 5) is 28.3. The van der Waals surface area contributed by atoms with Gasteiger partial charge in [-0.1, -0.05) is 12.1 Å². The minimum absolute atomic E-state index is 0.0430. The molecule has 0 unspecified atom stereocenters. The highest BCUT2D eigenvalue weighted by molar-refractivity contribution is 6.00. The molecule has 0 radical (unpaired) electrons. The first-order chi connectivity index (χ1) is 21.0. The number of rotatable bonds is 7. The van der Waals surface area contributed by atoms with E-state index in [9.17, 15) is 27.2 Å². The molecular formula is C29H30F4N8O3. The monoisotopic (exact) mass is 614 g/mol. The van der Waals surface area contributed by atoms with Gasteiger partial charge in [-0.05, 0) is 35.9 Å². The van der Waals surface area contributed by atoms with Crippen molar-refractivity contribution in [3.05, 3.63) is 71.4 Å². The maximum absolute atomic E-state index is 14.1. The van der Waals surface area contributed by atoms with Crippen LogP contribution >= 0.6 is 0 Å². The Morgan fingerprint density at radius 1 is 1.05 bits per heavy atom. The summed E-state index contributed by atoms with van der Waals surface area (Å²) in [6, 6.07) is 7.53. The predicted octanol–water partition coefficient (Wildman–Crippen LogP) is 4.59. The van der Waals surface area contributed by atoms with Crippen molar-refractivity contribution < 1.29 is 31.9 Å². The predicted molar refractivity (Wildman–Crippen MR) is 155 cm³/mol. The number of aromatic nitrogens is 3. The number of ether oxygens (including phenoxy) is 1. The van der Waals surface area contributed by atoms with Gasteiger partial charge in [0, 0.05) is 69.3 Å². The second kappa shape index (κ2) is 12.5. The maximum Gasteiger partial charge on any atom is 0.416 e. The molecule has 3 heterocycles. The van der Waals surface area contributed by atoms with Crippen molar-refractivity contribution in [2.24, 2.45) is 0 Å². The number of hydrogen-bond acceptors (Lipinski definition) is 7. The van der Waals surface area contributed by atoms with Crippen LogP contribution in [-0.4, -0.2) is 69.6 Å². The molecule has 2 aromatic heterocycles. The van der Waals surface area contributed by atoms with Crippen LogP contribution in [0.4, 0.5) is 39.5 Å². The van der Waals surface area contributed by atoms with Crippen LogP contribution in [0.1, 0.15) is 23.7 Å². The Morgan fingerprint density at radius 2 is 1.75 bits per heavy atom. The van der Waals surface area contributed by atoms with Gasteiger partial charge in [0.2, 0.25) is 5.91 Å². The van der Waals surface area contributed by atoms with E-state index in [1.165, 1.54) is 0 Å². The zero-order valence-corrected chi connectivity index (χ0v) is 23.9. The topological polar surface area (TPSA) is 130 Å². The fourth-order valence-corrected chi connectivity index (χ4v) is 5.27. The van der Waals surface area contributed by atoms with Gasteiger partial charge in [-0.2, -0.15) is 13.2 Å². The van der Waals surface area contributed by atoms with E-state index in [4.69, 9.17) is 10.5 Å². The third-order valence-corrected chi connectivity index (χ3v) is 7.45. The Hall–Kier alpha value is -4.76. The SMILES string of the molecule is COCc1c(-c2ccc(NC(=O)Nc3cc(C(F)(F)F)ccc3F)cc2)c2c(N)nncn2c1CN1CCN(C(C)=O)CC1. The second-order valence-corrected chi connectivity index (χ2v) is 10.3. The summed E-state index contributed by atoms with van der Waals surface area (Å²) < 4.78 is 60.6. The molecule has 4 N–H and O–H groups in total. The highest BCUT2D eigenvalue weighted by atomic mass is 19.4. The molecule has 4 aromatic rings. The number of nitrogens with zero attached hydrogens (tertiary/aromatic N) is 5. The summed E-state index contributed by atoms with van der Waals surface area (Å²) >= 11 is 0. The smallest absolute Gasteiger partial charge is 0.380 e. The maximum atomic E-state index is 14.1. The number of nitrogens with two attached hydrogens (primary N) is 1. The van der Waals surface area contributed by atoms with E-state index in [-0.39, 0.29) is 18.3 Å². The molecule has 44 heavy (non-hydrogen) atoms. The Kier molecular flexibility index (Phi) is 8.69. The summed E-state index contributed by atoms with van der Waals surface area (Å²) in [6.45, 7) is 4.98. The first-order valence-electron chi connectivity index (χ1n) is 13.6. The van der Waals surface area contributed by atoms with Crippen molar-refractivity contribution in [1.29, 1.82) is 0 Å². The summed E-state index contributed by atoms with van der Waals surface area (Å²) in [5.74, 6) is -0.759. The van der Waals surface area contributed by atoms with E-state index in [2.05, 4.69) is 25.7 Å². The molecule has 11 nitrogen and oxygen atoms in total. The number of urea groups is 1. The van der Waals surface area contributed by atoms with E-state index in [0.29, 0.717) is 62.1 Å². The Balaban J connectivity index is 1.41. The summed E-state index contributed by atoms with van der Waals surface area (Å²) in [5, 5.41) is 12.7. The molecule has 0 atom stereocenters. The first kappa shape index (κ1) is 30.7. The lowest BCUT2D eigenvalue weighted by Crippen LogP contribution is -2.47. The van der Waals surface area contributed by atoms with Gasteiger partial charge < -0.3 is 26.0 Å². The minimum Gasteiger partial charge on any atom is -0.380 e. The van der Waals surface area contributed by atoms with Crippen LogP contribution in [0, 0.1) is 5.82 Å². The quantitative estimate of drug-likeness (QED) is 0.260. The number of methoxy groups -OCH3 is 1. The summed E-state index contributed by atoms with van der Waals surface area (Å²) in [5.41, 5.74) is 8.82. The molecule has 15 heteroatoms. The number of amides is 3. The van der Waals surface area contributed by atoms with Crippen molar-refractivity contribution in [1.82, 2.24) is 24.4 Å². The standard InChI is InChI=1S/C29H30F4N8O3/c1-17(42)40-11-9-39(10-12-40)14-24-21(15-44-2)25(26-27(34)38-35-16-41(24)26)18-3-6-20(7-4-18)36-28(43)37-23-13-19(29(31,32)33)5-8-22(23)30/h3-8,13,16H,9-12,14-15H2,1-2H3,(H2,34,38)(H2,36,37,43). The number of carbonyl (C=O) groups excluding carboxylic acids is 2. The number of fused-ring (bicyclic) bond motifs is 1. The largest absolute Gasteiger partial charge is 0.416 e. The lowest BCUT2D eigenvalue weighted by atomic mass is 10.0. The molecule has 0 spiro atoms.